The molecule has 2 rings (SSSR count). The van der Waals surface area contributed by atoms with Gasteiger partial charge in [0.1, 0.15) is 5.75 Å². The summed E-state index contributed by atoms with van der Waals surface area (Å²) in [5.74, 6) is 1.51. The van der Waals surface area contributed by atoms with Crippen LogP contribution in [0.3, 0.4) is 0 Å². The number of benzene rings is 1. The van der Waals surface area contributed by atoms with Gasteiger partial charge in [0.05, 0.1) is 18.5 Å². The van der Waals surface area contributed by atoms with Gasteiger partial charge in [-0.25, -0.2) is 0 Å². The first kappa shape index (κ1) is 13.1. The van der Waals surface area contributed by atoms with Crippen LogP contribution in [-0.2, 0) is 0 Å². The second kappa shape index (κ2) is 4.08. The highest BCUT2D eigenvalue weighted by molar-refractivity contribution is 5.68. The fraction of sp³-hybridized carbons (Fsp3) is 0.600. The van der Waals surface area contributed by atoms with Crippen LogP contribution < -0.4 is 15.8 Å². The quantitative estimate of drug-likeness (QED) is 0.803. The predicted molar refractivity (Wildman–Crippen MR) is 76.9 cm³/mol. The highest BCUT2D eigenvalue weighted by atomic mass is 16.5. The molecule has 0 aliphatic heterocycles. The molecule has 1 aliphatic carbocycles. The fourth-order valence-corrected chi connectivity index (χ4v) is 2.87. The molecular weight excluding hydrogens is 224 g/mol. The number of nitrogens with two attached hydrogens (primary N) is 1. The second-order valence-corrected chi connectivity index (χ2v) is 6.33. The molecule has 3 nitrogen and oxygen atoms in total. The fourth-order valence-electron chi connectivity index (χ4n) is 2.87. The molecule has 0 heterocycles. The second-order valence-electron chi connectivity index (χ2n) is 6.33. The minimum absolute atomic E-state index is 0.396. The zero-order valence-electron chi connectivity index (χ0n) is 12.0. The van der Waals surface area contributed by atoms with E-state index in [-0.39, 0.29) is 0 Å². The molecule has 0 atom stereocenters. The molecule has 1 aromatic carbocycles. The van der Waals surface area contributed by atoms with E-state index in [4.69, 9.17) is 10.5 Å². The maximum absolute atomic E-state index is 5.97. The van der Waals surface area contributed by atoms with Crippen LogP contribution in [0.2, 0.25) is 0 Å². The molecule has 0 spiro atoms. The Morgan fingerprint density at radius 3 is 2.33 bits per heavy atom. The van der Waals surface area contributed by atoms with Gasteiger partial charge in [-0.15, -0.1) is 0 Å². The van der Waals surface area contributed by atoms with Crippen molar-refractivity contribution in [2.24, 2.45) is 16.7 Å². The summed E-state index contributed by atoms with van der Waals surface area (Å²) in [6.45, 7) is 10.3. The summed E-state index contributed by atoms with van der Waals surface area (Å²) < 4.78 is 5.22. The lowest BCUT2D eigenvalue weighted by atomic mass is 10.0. The Morgan fingerprint density at radius 2 is 1.83 bits per heavy atom. The third-order valence-corrected chi connectivity index (χ3v) is 5.08. The molecule has 1 aliphatic rings. The van der Waals surface area contributed by atoms with Crippen molar-refractivity contribution in [2.75, 3.05) is 24.7 Å². The smallest absolute Gasteiger partial charge is 0.121 e. The van der Waals surface area contributed by atoms with Gasteiger partial charge in [-0.1, -0.05) is 27.7 Å². The lowest BCUT2D eigenvalue weighted by Gasteiger charge is -2.11. The monoisotopic (exact) mass is 248 g/mol. The molecule has 0 radical (unpaired) electrons. The third kappa shape index (κ3) is 1.92. The van der Waals surface area contributed by atoms with Crippen molar-refractivity contribution < 1.29 is 4.74 Å². The van der Waals surface area contributed by atoms with E-state index < -0.39 is 0 Å². The molecule has 1 aromatic rings. The Labute approximate surface area is 110 Å². The summed E-state index contributed by atoms with van der Waals surface area (Å²) in [7, 11) is 1.67. The molecule has 1 saturated carbocycles. The first-order valence-electron chi connectivity index (χ1n) is 6.48. The normalized spacial score (nSPS) is 20.5. The van der Waals surface area contributed by atoms with E-state index in [1.54, 1.807) is 7.11 Å². The van der Waals surface area contributed by atoms with Crippen LogP contribution in [0, 0.1) is 16.7 Å². The SMILES string of the molecule is COc1ccc(N)c(NCC2C(C)(C)C2(C)C)c1. The van der Waals surface area contributed by atoms with Crippen LogP contribution in [0.15, 0.2) is 18.2 Å². The number of nitrogens with one attached hydrogen (secondary N) is 1. The number of hydrogen-bond donors (Lipinski definition) is 2. The molecule has 0 unspecified atom stereocenters. The zero-order valence-corrected chi connectivity index (χ0v) is 12.0. The van der Waals surface area contributed by atoms with E-state index in [1.165, 1.54) is 0 Å². The van der Waals surface area contributed by atoms with Crippen LogP contribution in [-0.4, -0.2) is 13.7 Å². The minimum atomic E-state index is 0.396. The molecule has 3 N–H and O–H groups in total. The van der Waals surface area contributed by atoms with E-state index in [2.05, 4.69) is 33.0 Å². The average molecular weight is 248 g/mol. The van der Waals surface area contributed by atoms with Crippen molar-refractivity contribution >= 4 is 11.4 Å². The van der Waals surface area contributed by atoms with Gasteiger partial charge in [0, 0.05) is 12.6 Å². The number of nitrogen functional groups attached to an aromatic ring is 1. The first-order chi connectivity index (χ1) is 8.30. The van der Waals surface area contributed by atoms with E-state index in [9.17, 15) is 0 Å². The van der Waals surface area contributed by atoms with Crippen molar-refractivity contribution in [3.63, 3.8) is 0 Å². The molecule has 3 heteroatoms. The van der Waals surface area contributed by atoms with Crippen LogP contribution in [0.5, 0.6) is 5.75 Å². The van der Waals surface area contributed by atoms with Crippen molar-refractivity contribution in [3.05, 3.63) is 18.2 Å². The summed E-state index contributed by atoms with van der Waals surface area (Å²) in [5, 5.41) is 3.46. The van der Waals surface area contributed by atoms with E-state index >= 15 is 0 Å². The van der Waals surface area contributed by atoms with Crippen molar-refractivity contribution in [3.8, 4) is 5.75 Å². The Hall–Kier alpha value is -1.38. The van der Waals surface area contributed by atoms with Gasteiger partial charge >= 0.3 is 0 Å². The molecule has 0 bridgehead atoms. The number of methoxy groups -OCH3 is 1. The maximum Gasteiger partial charge on any atom is 0.121 e. The van der Waals surface area contributed by atoms with Gasteiger partial charge < -0.3 is 15.8 Å². The van der Waals surface area contributed by atoms with Gasteiger partial charge in [-0.3, -0.25) is 0 Å². The van der Waals surface area contributed by atoms with E-state index in [0.717, 1.165) is 23.7 Å². The summed E-state index contributed by atoms with van der Waals surface area (Å²) in [6.07, 6.45) is 0. The summed E-state index contributed by atoms with van der Waals surface area (Å²) >= 11 is 0. The first-order valence-corrected chi connectivity index (χ1v) is 6.48. The Morgan fingerprint density at radius 1 is 1.22 bits per heavy atom. The lowest BCUT2D eigenvalue weighted by molar-refractivity contribution is 0.415. The highest BCUT2D eigenvalue weighted by Gasteiger charge is 2.64. The predicted octanol–water partition coefficient (Wildman–Crippen LogP) is 3.37. The van der Waals surface area contributed by atoms with Gasteiger partial charge in [0.2, 0.25) is 0 Å². The van der Waals surface area contributed by atoms with Crippen molar-refractivity contribution in [1.29, 1.82) is 0 Å². The summed E-state index contributed by atoms with van der Waals surface area (Å²) in [4.78, 5) is 0. The number of ether oxygens (including phenoxy) is 1. The molecule has 0 saturated heterocycles. The van der Waals surface area contributed by atoms with Crippen molar-refractivity contribution in [2.45, 2.75) is 27.7 Å². The van der Waals surface area contributed by atoms with Crippen molar-refractivity contribution in [1.82, 2.24) is 0 Å². The van der Waals surface area contributed by atoms with Crippen LogP contribution in [0.4, 0.5) is 11.4 Å². The molecular formula is C15H24N2O. The van der Waals surface area contributed by atoms with E-state index in [0.29, 0.717) is 16.7 Å². The van der Waals surface area contributed by atoms with Gasteiger partial charge in [0.15, 0.2) is 0 Å². The number of rotatable bonds is 4. The average Bonchev–Trinajstić information content (AvgIpc) is 2.69. The summed E-state index contributed by atoms with van der Waals surface area (Å²) in [5.41, 5.74) is 8.50. The molecule has 0 amide bonds. The Bertz CT molecular complexity index is 438. The Kier molecular flexibility index (Phi) is 2.96. The van der Waals surface area contributed by atoms with Crippen LogP contribution >= 0.6 is 0 Å². The largest absolute Gasteiger partial charge is 0.497 e. The Balaban J connectivity index is 2.04. The molecule has 0 aromatic heterocycles. The van der Waals surface area contributed by atoms with Gasteiger partial charge in [0.25, 0.3) is 0 Å². The standard InChI is InChI=1S/C15H24N2O/c1-14(2)13(15(14,3)4)9-17-12-8-10(18-5)6-7-11(12)16/h6-8,13,17H,9,16H2,1-5H3. The molecule has 100 valence electrons. The van der Waals surface area contributed by atoms with Gasteiger partial charge in [-0.2, -0.15) is 0 Å². The van der Waals surface area contributed by atoms with E-state index in [1.807, 2.05) is 18.2 Å². The number of hydrogen-bond acceptors (Lipinski definition) is 3. The highest BCUT2D eigenvalue weighted by Crippen LogP contribution is 2.68. The van der Waals surface area contributed by atoms with Gasteiger partial charge in [-0.05, 0) is 28.9 Å². The maximum atomic E-state index is 5.97. The summed E-state index contributed by atoms with van der Waals surface area (Å²) in [6, 6.07) is 5.72. The van der Waals surface area contributed by atoms with Crippen LogP contribution in [0.1, 0.15) is 27.7 Å². The van der Waals surface area contributed by atoms with Crippen LogP contribution in [0.25, 0.3) is 0 Å². The lowest BCUT2D eigenvalue weighted by Crippen LogP contribution is -2.09. The zero-order chi connectivity index (χ0) is 13.6. The number of anilines is 2. The minimum Gasteiger partial charge on any atom is -0.497 e. The molecule has 18 heavy (non-hydrogen) atoms. The third-order valence-electron chi connectivity index (χ3n) is 5.08. The molecule has 1 fully saturated rings. The topological polar surface area (TPSA) is 47.3 Å².